The van der Waals surface area contributed by atoms with Gasteiger partial charge in [-0.25, -0.2) is 9.97 Å². The Bertz CT molecular complexity index is 3120. The lowest BCUT2D eigenvalue weighted by molar-refractivity contribution is 0.670. The van der Waals surface area contributed by atoms with E-state index < -0.39 is 0 Å². The third kappa shape index (κ3) is 5.37. The molecule has 0 radical (unpaired) electrons. The van der Waals surface area contributed by atoms with Crippen LogP contribution in [0, 0.1) is 0 Å². The molecule has 4 aromatic heterocycles. The number of nitrogens with zero attached hydrogens (tertiary/aromatic N) is 3. The standard InChI is InChI=1S/C51H31N3O2/c1-2-12-33(13-3-1)45-31-46(54-51(53-45)44-17-5-4-14-37(44)32-24-26-52-27-25-32)36-29-34(38-18-10-20-42-40-15-6-8-22-47(40)55-49(38)42)28-35(30-36)39-19-11-21-43-41-16-7-9-23-48(41)56-50(39)43/h1-31H. The number of furan rings is 2. The number of aromatic nitrogens is 3. The van der Waals surface area contributed by atoms with Crippen LogP contribution in [0.4, 0.5) is 0 Å². The first kappa shape index (κ1) is 31.9. The lowest BCUT2D eigenvalue weighted by Gasteiger charge is -2.15. The molecule has 11 rings (SSSR count). The van der Waals surface area contributed by atoms with E-state index in [4.69, 9.17) is 18.8 Å². The molecule has 0 aliphatic carbocycles. The molecule has 11 aromatic rings. The van der Waals surface area contributed by atoms with Crippen molar-refractivity contribution in [3.05, 3.63) is 188 Å². The molecule has 0 aliphatic rings. The van der Waals surface area contributed by atoms with Crippen molar-refractivity contribution in [3.63, 3.8) is 0 Å². The van der Waals surface area contributed by atoms with Crippen LogP contribution < -0.4 is 0 Å². The predicted octanol–water partition coefficient (Wildman–Crippen LogP) is 13.7. The van der Waals surface area contributed by atoms with Crippen molar-refractivity contribution in [1.82, 2.24) is 15.0 Å². The molecule has 5 nitrogen and oxygen atoms in total. The minimum Gasteiger partial charge on any atom is -0.455 e. The molecule has 0 saturated heterocycles. The van der Waals surface area contributed by atoms with Crippen LogP contribution in [0.5, 0.6) is 0 Å². The Morgan fingerprint density at radius 2 is 0.804 bits per heavy atom. The zero-order chi connectivity index (χ0) is 37.0. The first-order chi connectivity index (χ1) is 27.7. The highest BCUT2D eigenvalue weighted by Gasteiger charge is 2.20. The van der Waals surface area contributed by atoms with E-state index in [-0.39, 0.29) is 0 Å². The molecule has 7 aromatic carbocycles. The maximum Gasteiger partial charge on any atom is 0.161 e. The predicted molar refractivity (Wildman–Crippen MR) is 227 cm³/mol. The number of benzene rings is 7. The number of hydrogen-bond acceptors (Lipinski definition) is 5. The first-order valence-electron chi connectivity index (χ1n) is 18.7. The summed E-state index contributed by atoms with van der Waals surface area (Å²) in [6.45, 7) is 0. The van der Waals surface area contributed by atoms with E-state index in [0.29, 0.717) is 5.82 Å². The molecule has 0 aliphatic heterocycles. The van der Waals surface area contributed by atoms with Gasteiger partial charge in [0.05, 0.1) is 11.4 Å². The zero-order valence-corrected chi connectivity index (χ0v) is 30.1. The number of para-hydroxylation sites is 4. The molecule has 0 unspecified atom stereocenters. The summed E-state index contributed by atoms with van der Waals surface area (Å²) in [4.78, 5) is 14.9. The van der Waals surface area contributed by atoms with Crippen LogP contribution in [0.2, 0.25) is 0 Å². The van der Waals surface area contributed by atoms with Crippen molar-refractivity contribution < 1.29 is 8.83 Å². The Hall–Kier alpha value is -7.63. The van der Waals surface area contributed by atoms with Crippen LogP contribution in [-0.2, 0) is 0 Å². The second-order valence-corrected chi connectivity index (χ2v) is 14.0. The molecule has 4 heterocycles. The van der Waals surface area contributed by atoms with Crippen molar-refractivity contribution in [2.75, 3.05) is 0 Å². The Balaban J connectivity index is 1.19. The zero-order valence-electron chi connectivity index (χ0n) is 30.1. The normalized spacial score (nSPS) is 11.6. The number of pyridine rings is 1. The summed E-state index contributed by atoms with van der Waals surface area (Å²) in [6.07, 6.45) is 3.63. The van der Waals surface area contributed by atoms with Gasteiger partial charge in [-0.3, -0.25) is 4.98 Å². The van der Waals surface area contributed by atoms with Crippen molar-refractivity contribution in [2.45, 2.75) is 0 Å². The smallest absolute Gasteiger partial charge is 0.161 e. The summed E-state index contributed by atoms with van der Waals surface area (Å²) in [5, 5.41) is 4.34. The fourth-order valence-corrected chi connectivity index (χ4v) is 7.97. The lowest BCUT2D eigenvalue weighted by Crippen LogP contribution is -1.98. The van der Waals surface area contributed by atoms with Crippen molar-refractivity contribution in [2.24, 2.45) is 0 Å². The van der Waals surface area contributed by atoms with Crippen molar-refractivity contribution in [3.8, 4) is 67.3 Å². The van der Waals surface area contributed by atoms with Crippen LogP contribution in [0.3, 0.4) is 0 Å². The van der Waals surface area contributed by atoms with Gasteiger partial charge in [-0.2, -0.15) is 0 Å². The van der Waals surface area contributed by atoms with E-state index in [9.17, 15) is 0 Å². The number of rotatable bonds is 6. The average molecular weight is 718 g/mol. The van der Waals surface area contributed by atoms with E-state index >= 15 is 0 Å². The highest BCUT2D eigenvalue weighted by Crippen LogP contribution is 2.42. The fourth-order valence-electron chi connectivity index (χ4n) is 7.97. The van der Waals surface area contributed by atoms with Crippen LogP contribution in [0.15, 0.2) is 197 Å². The van der Waals surface area contributed by atoms with Crippen molar-refractivity contribution >= 4 is 43.9 Å². The highest BCUT2D eigenvalue weighted by atomic mass is 16.3. The Morgan fingerprint density at radius 1 is 0.321 bits per heavy atom. The molecule has 56 heavy (non-hydrogen) atoms. The number of hydrogen-bond donors (Lipinski definition) is 0. The highest BCUT2D eigenvalue weighted by molar-refractivity contribution is 6.11. The maximum atomic E-state index is 6.60. The van der Waals surface area contributed by atoms with Gasteiger partial charge in [0.25, 0.3) is 0 Å². The molecule has 0 atom stereocenters. The van der Waals surface area contributed by atoms with Crippen LogP contribution in [0.1, 0.15) is 0 Å². The van der Waals surface area contributed by atoms with E-state index in [2.05, 4.69) is 114 Å². The monoisotopic (exact) mass is 717 g/mol. The van der Waals surface area contributed by atoms with Gasteiger partial charge in [-0.1, -0.05) is 127 Å². The molecule has 0 N–H and O–H groups in total. The molecule has 5 heteroatoms. The summed E-state index contributed by atoms with van der Waals surface area (Å²) in [7, 11) is 0. The molecule has 0 saturated carbocycles. The van der Waals surface area contributed by atoms with E-state index in [1.807, 2.05) is 79.1 Å². The van der Waals surface area contributed by atoms with Gasteiger partial charge < -0.3 is 8.83 Å². The van der Waals surface area contributed by atoms with Gasteiger partial charge in [0, 0.05) is 61.8 Å². The molecule has 0 amide bonds. The van der Waals surface area contributed by atoms with Gasteiger partial charge in [-0.05, 0) is 70.8 Å². The average Bonchev–Trinajstić information content (AvgIpc) is 3.85. The second kappa shape index (κ2) is 13.0. The summed E-state index contributed by atoms with van der Waals surface area (Å²) >= 11 is 0. The quantitative estimate of drug-likeness (QED) is 0.171. The Labute approximate surface area is 322 Å². The molecule has 262 valence electrons. The lowest BCUT2D eigenvalue weighted by atomic mass is 9.93. The summed E-state index contributed by atoms with van der Waals surface area (Å²) < 4.78 is 13.2. The van der Waals surface area contributed by atoms with E-state index in [0.717, 1.165) is 105 Å². The summed E-state index contributed by atoms with van der Waals surface area (Å²) in [5.41, 5.74) is 14.0. The van der Waals surface area contributed by atoms with Gasteiger partial charge in [0.1, 0.15) is 22.3 Å². The van der Waals surface area contributed by atoms with Gasteiger partial charge in [-0.15, -0.1) is 0 Å². The van der Waals surface area contributed by atoms with Gasteiger partial charge >= 0.3 is 0 Å². The van der Waals surface area contributed by atoms with Crippen LogP contribution in [-0.4, -0.2) is 15.0 Å². The number of fused-ring (bicyclic) bond motifs is 6. The van der Waals surface area contributed by atoms with Crippen LogP contribution in [0.25, 0.3) is 111 Å². The summed E-state index contributed by atoms with van der Waals surface area (Å²) in [6, 6.07) is 60.6. The van der Waals surface area contributed by atoms with Gasteiger partial charge in [0.15, 0.2) is 5.82 Å². The molecular weight excluding hydrogens is 687 g/mol. The largest absolute Gasteiger partial charge is 0.455 e. The third-order valence-electron chi connectivity index (χ3n) is 10.6. The van der Waals surface area contributed by atoms with Gasteiger partial charge in [0.2, 0.25) is 0 Å². The van der Waals surface area contributed by atoms with E-state index in [1.165, 1.54) is 0 Å². The third-order valence-corrected chi connectivity index (χ3v) is 10.6. The SMILES string of the molecule is c1ccc(-c2cc(-c3cc(-c4cccc5c4oc4ccccc45)cc(-c4cccc5c4oc4ccccc45)c3)nc(-c3ccccc3-c3ccncc3)n2)cc1. The first-order valence-corrected chi connectivity index (χ1v) is 18.7. The topological polar surface area (TPSA) is 65.0 Å². The maximum absolute atomic E-state index is 6.60. The van der Waals surface area contributed by atoms with E-state index in [1.54, 1.807) is 0 Å². The molecule has 0 fully saturated rings. The summed E-state index contributed by atoms with van der Waals surface area (Å²) in [5.74, 6) is 0.638. The minimum atomic E-state index is 0.638. The fraction of sp³-hybridized carbons (Fsp3) is 0. The Kier molecular flexibility index (Phi) is 7.42. The molecule has 0 bridgehead atoms. The molecular formula is C51H31N3O2. The second-order valence-electron chi connectivity index (χ2n) is 14.0. The van der Waals surface area contributed by atoms with Crippen molar-refractivity contribution in [1.29, 1.82) is 0 Å². The molecule has 0 spiro atoms. The van der Waals surface area contributed by atoms with Crippen LogP contribution >= 0.6 is 0 Å². The Morgan fingerprint density at radius 3 is 1.43 bits per heavy atom. The minimum absolute atomic E-state index is 0.638.